The molecule has 0 radical (unpaired) electrons. The van der Waals surface area contributed by atoms with Crippen molar-refractivity contribution in [3.8, 4) is 6.07 Å². The number of nitrogens with one attached hydrogen (secondary N) is 1. The Morgan fingerprint density at radius 3 is 2.70 bits per heavy atom. The fraction of sp³-hybridized carbons (Fsp3) is 0.464. The summed E-state index contributed by atoms with van der Waals surface area (Å²) < 4.78 is 5.54. The molecule has 1 amide bonds. The molecule has 1 atom stereocenters. The number of nitrogens with zero attached hydrogens (tertiary/aromatic N) is 2. The summed E-state index contributed by atoms with van der Waals surface area (Å²) >= 11 is 0. The predicted molar refractivity (Wildman–Crippen MR) is 135 cm³/mol. The number of benzene rings is 1. The molecule has 1 aliphatic rings. The third-order valence-corrected chi connectivity index (χ3v) is 5.92. The van der Waals surface area contributed by atoms with Gasteiger partial charge in [0.15, 0.2) is 0 Å². The average molecular weight is 448 g/mol. The van der Waals surface area contributed by atoms with Gasteiger partial charge in [-0.05, 0) is 80.7 Å². The molecule has 1 fully saturated rings. The van der Waals surface area contributed by atoms with Crippen LogP contribution in [-0.2, 0) is 4.74 Å². The first-order chi connectivity index (χ1) is 16.0. The molecule has 0 aliphatic heterocycles. The van der Waals surface area contributed by atoms with Crippen molar-refractivity contribution in [1.29, 1.82) is 5.26 Å². The highest BCUT2D eigenvalue weighted by Gasteiger charge is 2.29. The number of amides is 1. The Labute approximate surface area is 198 Å². The zero-order chi connectivity index (χ0) is 24.2. The van der Waals surface area contributed by atoms with Gasteiger partial charge in [-0.1, -0.05) is 44.6 Å². The Morgan fingerprint density at radius 1 is 1.36 bits per heavy atom. The zero-order valence-electron chi connectivity index (χ0n) is 20.6. The standard InChI is InChI=1S/C28H37N3O2/c1-6-10-23(22-14-15-22)17-24(11-7-2)27(20(4)8-3)31-26(33-5)19-30-28(32)25-13-9-12-21(16-25)18-29/h7,9,11-13,16-17,22-23H,6,8,10,14-15,19H2,1-5H3,(H,30,32)/b11-7-,24-17+,27-20?,31-26?. The molecule has 0 aromatic heterocycles. The molecule has 176 valence electrons. The second-order valence-corrected chi connectivity index (χ2v) is 8.48. The Balaban J connectivity index is 2.30. The first kappa shape index (κ1) is 26.1. The van der Waals surface area contributed by atoms with Crippen LogP contribution < -0.4 is 5.32 Å². The Bertz CT molecular complexity index is 975. The van der Waals surface area contributed by atoms with Gasteiger partial charge in [0.2, 0.25) is 5.90 Å². The van der Waals surface area contributed by atoms with Crippen LogP contribution in [0.2, 0.25) is 0 Å². The van der Waals surface area contributed by atoms with Gasteiger partial charge < -0.3 is 10.1 Å². The van der Waals surface area contributed by atoms with Crippen LogP contribution in [0.25, 0.3) is 0 Å². The van der Waals surface area contributed by atoms with Gasteiger partial charge in [-0.2, -0.15) is 5.26 Å². The lowest BCUT2D eigenvalue weighted by Gasteiger charge is -2.16. The Morgan fingerprint density at radius 2 is 2.12 bits per heavy atom. The molecule has 1 saturated carbocycles. The van der Waals surface area contributed by atoms with Crippen LogP contribution in [0.1, 0.15) is 75.7 Å². The van der Waals surface area contributed by atoms with Crippen molar-refractivity contribution in [2.24, 2.45) is 16.8 Å². The van der Waals surface area contributed by atoms with E-state index in [2.05, 4.69) is 50.4 Å². The Hall–Kier alpha value is -3.13. The van der Waals surface area contributed by atoms with E-state index in [1.165, 1.54) is 24.8 Å². The van der Waals surface area contributed by atoms with E-state index in [1.807, 2.05) is 6.92 Å². The minimum atomic E-state index is -0.268. The number of hydrogen-bond donors (Lipinski definition) is 1. The van der Waals surface area contributed by atoms with E-state index in [1.54, 1.807) is 31.4 Å². The SMILES string of the molecule is C/C=C\C(=C/C(CCC)C1CC1)C(N=C(CNC(=O)c1cccc(C#N)c1)OC)=C(C)CC. The predicted octanol–water partition coefficient (Wildman–Crippen LogP) is 6.35. The molecule has 1 aromatic carbocycles. The summed E-state index contributed by atoms with van der Waals surface area (Å²) in [6.07, 6.45) is 12.4. The summed E-state index contributed by atoms with van der Waals surface area (Å²) in [5.74, 6) is 1.52. The van der Waals surface area contributed by atoms with E-state index in [0.717, 1.165) is 30.0 Å². The van der Waals surface area contributed by atoms with Gasteiger partial charge >= 0.3 is 0 Å². The minimum absolute atomic E-state index is 0.163. The number of aliphatic imine (C=N–C) groups is 1. The van der Waals surface area contributed by atoms with Crippen molar-refractivity contribution in [3.63, 3.8) is 0 Å². The second-order valence-electron chi connectivity index (χ2n) is 8.48. The molecule has 1 aliphatic carbocycles. The molecule has 1 aromatic rings. The van der Waals surface area contributed by atoms with Crippen LogP contribution in [0.4, 0.5) is 0 Å². The van der Waals surface area contributed by atoms with Gasteiger partial charge in [-0.15, -0.1) is 0 Å². The molecule has 0 bridgehead atoms. The van der Waals surface area contributed by atoms with Crippen LogP contribution in [0.5, 0.6) is 0 Å². The molecular weight excluding hydrogens is 410 g/mol. The third kappa shape index (κ3) is 8.05. The molecule has 5 nitrogen and oxygen atoms in total. The highest BCUT2D eigenvalue weighted by molar-refractivity contribution is 5.96. The number of hydrogen-bond acceptors (Lipinski definition) is 4. The molecule has 1 N–H and O–H groups in total. The molecule has 0 saturated heterocycles. The highest BCUT2D eigenvalue weighted by atomic mass is 16.5. The van der Waals surface area contributed by atoms with Crippen LogP contribution in [-0.4, -0.2) is 25.5 Å². The van der Waals surface area contributed by atoms with Crippen molar-refractivity contribution in [2.45, 2.75) is 59.8 Å². The smallest absolute Gasteiger partial charge is 0.251 e. The van der Waals surface area contributed by atoms with E-state index in [9.17, 15) is 4.79 Å². The van der Waals surface area contributed by atoms with Crippen LogP contribution in [0.15, 0.2) is 64.3 Å². The number of carbonyl (C=O) groups is 1. The molecule has 2 rings (SSSR count). The number of allylic oxidation sites excluding steroid dienone is 4. The Kier molecular flexibility index (Phi) is 10.6. The summed E-state index contributed by atoms with van der Waals surface area (Å²) in [5.41, 5.74) is 4.09. The quantitative estimate of drug-likeness (QED) is 0.244. The minimum Gasteiger partial charge on any atom is -0.483 e. The molecule has 0 heterocycles. The molecular formula is C28H37N3O2. The van der Waals surface area contributed by atoms with E-state index in [-0.39, 0.29) is 12.5 Å². The molecule has 1 unspecified atom stereocenters. The summed E-state index contributed by atoms with van der Waals surface area (Å²) in [6, 6.07) is 8.69. The third-order valence-electron chi connectivity index (χ3n) is 5.92. The maximum Gasteiger partial charge on any atom is 0.251 e. The van der Waals surface area contributed by atoms with Gasteiger partial charge in [0, 0.05) is 5.56 Å². The van der Waals surface area contributed by atoms with Gasteiger partial charge in [-0.25, -0.2) is 4.99 Å². The van der Waals surface area contributed by atoms with Crippen molar-refractivity contribution in [2.75, 3.05) is 13.7 Å². The second kappa shape index (κ2) is 13.4. The fourth-order valence-electron chi connectivity index (χ4n) is 3.78. The topological polar surface area (TPSA) is 74.5 Å². The molecule has 5 heteroatoms. The summed E-state index contributed by atoms with van der Waals surface area (Å²) in [6.45, 7) is 8.65. The lowest BCUT2D eigenvalue weighted by atomic mass is 9.93. The first-order valence-electron chi connectivity index (χ1n) is 11.9. The first-order valence-corrected chi connectivity index (χ1v) is 11.9. The molecule has 0 spiro atoms. The maximum atomic E-state index is 12.6. The number of ether oxygens (including phenoxy) is 1. The van der Waals surface area contributed by atoms with Gasteiger partial charge in [-0.3, -0.25) is 4.79 Å². The summed E-state index contributed by atoms with van der Waals surface area (Å²) in [4.78, 5) is 17.4. The van der Waals surface area contributed by atoms with Crippen molar-refractivity contribution in [1.82, 2.24) is 5.32 Å². The van der Waals surface area contributed by atoms with Crippen molar-refractivity contribution < 1.29 is 9.53 Å². The van der Waals surface area contributed by atoms with E-state index >= 15 is 0 Å². The number of carbonyl (C=O) groups excluding carboxylic acids is 1. The average Bonchev–Trinajstić information content (AvgIpc) is 3.68. The van der Waals surface area contributed by atoms with Crippen LogP contribution in [0, 0.1) is 23.2 Å². The molecule has 33 heavy (non-hydrogen) atoms. The fourth-order valence-corrected chi connectivity index (χ4v) is 3.78. The number of nitriles is 1. The largest absolute Gasteiger partial charge is 0.483 e. The summed E-state index contributed by atoms with van der Waals surface area (Å²) in [7, 11) is 1.57. The van der Waals surface area contributed by atoms with Crippen molar-refractivity contribution in [3.05, 3.63) is 70.5 Å². The highest BCUT2D eigenvalue weighted by Crippen LogP contribution is 2.41. The van der Waals surface area contributed by atoms with E-state index < -0.39 is 0 Å². The lowest BCUT2D eigenvalue weighted by Crippen LogP contribution is -2.30. The van der Waals surface area contributed by atoms with Gasteiger partial charge in [0.1, 0.15) is 0 Å². The van der Waals surface area contributed by atoms with Crippen LogP contribution in [0.3, 0.4) is 0 Å². The number of methoxy groups -OCH3 is 1. The normalized spacial score (nSPS) is 16.2. The lowest BCUT2D eigenvalue weighted by molar-refractivity contribution is 0.0957. The zero-order valence-corrected chi connectivity index (χ0v) is 20.6. The van der Waals surface area contributed by atoms with Gasteiger partial charge in [0.05, 0.1) is 31.0 Å². The summed E-state index contributed by atoms with van der Waals surface area (Å²) in [5, 5.41) is 11.9. The van der Waals surface area contributed by atoms with E-state index in [0.29, 0.717) is 22.9 Å². The maximum absolute atomic E-state index is 12.6. The van der Waals surface area contributed by atoms with Crippen LogP contribution >= 0.6 is 0 Å². The van der Waals surface area contributed by atoms with Crippen molar-refractivity contribution >= 4 is 11.8 Å². The van der Waals surface area contributed by atoms with Gasteiger partial charge in [0.25, 0.3) is 5.91 Å². The monoisotopic (exact) mass is 447 g/mol. The van der Waals surface area contributed by atoms with E-state index in [4.69, 9.17) is 15.0 Å². The number of rotatable bonds is 11.